The van der Waals surface area contributed by atoms with Gasteiger partial charge in [-0.1, -0.05) is 23.7 Å². The molecule has 1 heterocycles. The van der Waals surface area contributed by atoms with Gasteiger partial charge in [0.25, 0.3) is 0 Å². The fourth-order valence-corrected chi connectivity index (χ4v) is 1.74. The quantitative estimate of drug-likeness (QED) is 0.779. The largest absolute Gasteiger partial charge is 0.490 e. The monoisotopic (exact) mass is 264 g/mol. The fraction of sp³-hybridized carbons (Fsp3) is 0.231. The summed E-state index contributed by atoms with van der Waals surface area (Å²) in [7, 11) is 1.64. The van der Waals surface area contributed by atoms with E-state index in [1.807, 2.05) is 24.3 Å². The van der Waals surface area contributed by atoms with Crippen molar-refractivity contribution in [3.8, 4) is 17.0 Å². The first-order valence-electron chi connectivity index (χ1n) is 5.49. The average Bonchev–Trinajstić information content (AvgIpc) is 2.40. The Morgan fingerprint density at radius 3 is 2.83 bits per heavy atom. The number of hydrogen-bond donors (Lipinski definition) is 0. The number of methoxy groups -OCH3 is 1. The first-order chi connectivity index (χ1) is 8.83. The number of aromatic nitrogens is 2. The summed E-state index contributed by atoms with van der Waals surface area (Å²) in [6, 6.07) is 7.61. The minimum Gasteiger partial charge on any atom is -0.490 e. The molecule has 0 aliphatic heterocycles. The highest BCUT2D eigenvalue weighted by Gasteiger charge is 2.10. The zero-order valence-electron chi connectivity index (χ0n) is 9.97. The van der Waals surface area contributed by atoms with E-state index in [0.29, 0.717) is 23.9 Å². The molecule has 2 aromatic rings. The highest BCUT2D eigenvalue weighted by Crippen LogP contribution is 2.32. The summed E-state index contributed by atoms with van der Waals surface area (Å²) in [4.78, 5) is 8.05. The lowest BCUT2D eigenvalue weighted by Gasteiger charge is -2.11. The van der Waals surface area contributed by atoms with Gasteiger partial charge in [-0.15, -0.1) is 0 Å². The van der Waals surface area contributed by atoms with Gasteiger partial charge in [0.1, 0.15) is 18.7 Å². The van der Waals surface area contributed by atoms with Crippen LogP contribution in [-0.2, 0) is 4.74 Å². The van der Waals surface area contributed by atoms with Crippen LogP contribution in [0.1, 0.15) is 0 Å². The fourth-order valence-electron chi connectivity index (χ4n) is 1.53. The average molecular weight is 265 g/mol. The number of halogens is 1. The van der Waals surface area contributed by atoms with E-state index in [4.69, 9.17) is 21.1 Å². The molecule has 94 valence electrons. The van der Waals surface area contributed by atoms with Gasteiger partial charge in [0, 0.05) is 18.9 Å². The minimum absolute atomic E-state index is 0.482. The molecule has 0 atom stereocenters. The van der Waals surface area contributed by atoms with E-state index in [2.05, 4.69) is 9.97 Å². The molecule has 18 heavy (non-hydrogen) atoms. The Kier molecular flexibility index (Phi) is 4.50. The number of benzene rings is 1. The van der Waals surface area contributed by atoms with Gasteiger partial charge in [0.15, 0.2) is 0 Å². The Balaban J connectivity index is 2.30. The summed E-state index contributed by atoms with van der Waals surface area (Å²) < 4.78 is 10.6. The first kappa shape index (κ1) is 12.8. The molecule has 4 nitrogen and oxygen atoms in total. The van der Waals surface area contributed by atoms with Crippen molar-refractivity contribution in [1.82, 2.24) is 9.97 Å². The SMILES string of the molecule is COCCOc1ccccc1-c1ncncc1Cl. The second kappa shape index (κ2) is 6.33. The van der Waals surface area contributed by atoms with E-state index in [9.17, 15) is 0 Å². The van der Waals surface area contributed by atoms with Crippen LogP contribution in [0.4, 0.5) is 0 Å². The van der Waals surface area contributed by atoms with Crippen LogP contribution in [-0.4, -0.2) is 30.3 Å². The third-order valence-corrected chi connectivity index (χ3v) is 2.63. The molecule has 1 aromatic heterocycles. The topological polar surface area (TPSA) is 44.2 Å². The summed E-state index contributed by atoms with van der Waals surface area (Å²) in [6.07, 6.45) is 3.03. The van der Waals surface area contributed by atoms with Gasteiger partial charge in [0.2, 0.25) is 0 Å². The Bertz CT molecular complexity index is 520. The first-order valence-corrected chi connectivity index (χ1v) is 5.87. The third kappa shape index (κ3) is 2.97. The van der Waals surface area contributed by atoms with Gasteiger partial charge in [0.05, 0.1) is 17.3 Å². The second-order valence-corrected chi connectivity index (χ2v) is 3.96. The van der Waals surface area contributed by atoms with Crippen molar-refractivity contribution in [2.75, 3.05) is 20.3 Å². The molecule has 0 saturated heterocycles. The van der Waals surface area contributed by atoms with Gasteiger partial charge in [-0.05, 0) is 12.1 Å². The van der Waals surface area contributed by atoms with E-state index in [-0.39, 0.29) is 0 Å². The van der Waals surface area contributed by atoms with Crippen molar-refractivity contribution in [2.45, 2.75) is 0 Å². The van der Waals surface area contributed by atoms with Crippen LogP contribution in [0.25, 0.3) is 11.3 Å². The standard InChI is InChI=1S/C13H13ClN2O2/c1-17-6-7-18-12-5-3-2-4-10(12)13-11(14)8-15-9-16-13/h2-5,8-9H,6-7H2,1H3. The van der Waals surface area contributed by atoms with Crippen LogP contribution in [0.3, 0.4) is 0 Å². The predicted molar refractivity (Wildman–Crippen MR) is 69.8 cm³/mol. The van der Waals surface area contributed by atoms with Gasteiger partial charge in [-0.2, -0.15) is 0 Å². The molecule has 0 fully saturated rings. The van der Waals surface area contributed by atoms with E-state index >= 15 is 0 Å². The van der Waals surface area contributed by atoms with Crippen molar-refractivity contribution in [3.63, 3.8) is 0 Å². The molecule has 0 amide bonds. The van der Waals surface area contributed by atoms with E-state index in [0.717, 1.165) is 11.3 Å². The van der Waals surface area contributed by atoms with Gasteiger partial charge >= 0.3 is 0 Å². The summed E-state index contributed by atoms with van der Waals surface area (Å²) in [5, 5.41) is 0.500. The van der Waals surface area contributed by atoms with Crippen molar-refractivity contribution < 1.29 is 9.47 Å². The van der Waals surface area contributed by atoms with E-state index in [1.54, 1.807) is 13.3 Å². The minimum atomic E-state index is 0.482. The zero-order valence-corrected chi connectivity index (χ0v) is 10.7. The van der Waals surface area contributed by atoms with Crippen LogP contribution >= 0.6 is 11.6 Å². The molecule has 0 saturated carbocycles. The molecule has 2 rings (SSSR count). The Hall–Kier alpha value is -1.65. The Morgan fingerprint density at radius 1 is 1.22 bits per heavy atom. The molecule has 1 aromatic carbocycles. The predicted octanol–water partition coefficient (Wildman–Crippen LogP) is 2.82. The van der Waals surface area contributed by atoms with Gasteiger partial charge < -0.3 is 9.47 Å². The number of nitrogens with zero attached hydrogens (tertiary/aromatic N) is 2. The second-order valence-electron chi connectivity index (χ2n) is 3.56. The van der Waals surface area contributed by atoms with E-state index < -0.39 is 0 Å². The lowest BCUT2D eigenvalue weighted by molar-refractivity contribution is 0.146. The Labute approximate surface area is 111 Å². The number of ether oxygens (including phenoxy) is 2. The highest BCUT2D eigenvalue weighted by molar-refractivity contribution is 6.32. The molecule has 0 aliphatic rings. The van der Waals surface area contributed by atoms with E-state index in [1.165, 1.54) is 6.33 Å². The van der Waals surface area contributed by atoms with Crippen LogP contribution in [0.2, 0.25) is 5.02 Å². The third-order valence-electron chi connectivity index (χ3n) is 2.35. The molecular weight excluding hydrogens is 252 g/mol. The van der Waals surface area contributed by atoms with Crippen LogP contribution in [0, 0.1) is 0 Å². The maximum atomic E-state index is 6.09. The molecule has 5 heteroatoms. The number of rotatable bonds is 5. The normalized spacial score (nSPS) is 10.3. The van der Waals surface area contributed by atoms with Crippen molar-refractivity contribution >= 4 is 11.6 Å². The summed E-state index contributed by atoms with van der Waals surface area (Å²) in [5.41, 5.74) is 1.51. The molecule has 0 unspecified atom stereocenters. The summed E-state index contributed by atoms with van der Waals surface area (Å²) >= 11 is 6.09. The maximum absolute atomic E-state index is 6.09. The number of hydrogen-bond acceptors (Lipinski definition) is 4. The molecule has 0 aliphatic carbocycles. The summed E-state index contributed by atoms with van der Waals surface area (Å²) in [6.45, 7) is 1.02. The summed E-state index contributed by atoms with van der Waals surface area (Å²) in [5.74, 6) is 0.732. The van der Waals surface area contributed by atoms with Crippen LogP contribution in [0.15, 0.2) is 36.8 Å². The maximum Gasteiger partial charge on any atom is 0.128 e. The molecule has 0 N–H and O–H groups in total. The molecule has 0 bridgehead atoms. The zero-order chi connectivity index (χ0) is 12.8. The molecule has 0 radical (unpaired) electrons. The highest BCUT2D eigenvalue weighted by atomic mass is 35.5. The number of para-hydroxylation sites is 1. The lowest BCUT2D eigenvalue weighted by atomic mass is 10.1. The van der Waals surface area contributed by atoms with Crippen LogP contribution < -0.4 is 4.74 Å². The van der Waals surface area contributed by atoms with Crippen molar-refractivity contribution in [1.29, 1.82) is 0 Å². The smallest absolute Gasteiger partial charge is 0.128 e. The van der Waals surface area contributed by atoms with Gasteiger partial charge in [-0.3, -0.25) is 0 Å². The van der Waals surface area contributed by atoms with Crippen molar-refractivity contribution in [3.05, 3.63) is 41.8 Å². The van der Waals surface area contributed by atoms with Crippen LogP contribution in [0.5, 0.6) is 5.75 Å². The lowest BCUT2D eigenvalue weighted by Crippen LogP contribution is -2.05. The van der Waals surface area contributed by atoms with Crippen molar-refractivity contribution in [2.24, 2.45) is 0 Å². The Morgan fingerprint density at radius 2 is 2.06 bits per heavy atom. The van der Waals surface area contributed by atoms with Gasteiger partial charge in [-0.25, -0.2) is 9.97 Å². The molecular formula is C13H13ClN2O2. The molecule has 0 spiro atoms.